The first-order chi connectivity index (χ1) is 8.58. The standard InChI is InChI=1S/C13H9Br2NOS/c14-10-2-1-3-11(15)12(10)16-13(17)8-4-6-9(18)7-5-8/h1-7,18H,(H,16,17). The summed E-state index contributed by atoms with van der Waals surface area (Å²) in [4.78, 5) is 12.9. The zero-order chi connectivity index (χ0) is 13.1. The highest BCUT2D eigenvalue weighted by atomic mass is 79.9. The minimum atomic E-state index is -0.157. The Morgan fingerprint density at radius 2 is 1.56 bits per heavy atom. The van der Waals surface area contributed by atoms with Crippen LogP contribution in [0.4, 0.5) is 5.69 Å². The van der Waals surface area contributed by atoms with Crippen molar-refractivity contribution in [1.29, 1.82) is 0 Å². The van der Waals surface area contributed by atoms with Crippen LogP contribution < -0.4 is 5.32 Å². The third-order valence-corrected chi connectivity index (χ3v) is 3.95. The van der Waals surface area contributed by atoms with Crippen molar-refractivity contribution >= 4 is 56.1 Å². The van der Waals surface area contributed by atoms with Gasteiger partial charge in [-0.05, 0) is 68.3 Å². The van der Waals surface area contributed by atoms with Crippen molar-refractivity contribution in [3.05, 3.63) is 57.0 Å². The quantitative estimate of drug-likeness (QED) is 0.716. The predicted octanol–water partition coefficient (Wildman–Crippen LogP) is 4.75. The van der Waals surface area contributed by atoms with Gasteiger partial charge in [0.2, 0.25) is 0 Å². The van der Waals surface area contributed by atoms with Gasteiger partial charge in [-0.25, -0.2) is 0 Å². The van der Waals surface area contributed by atoms with Gasteiger partial charge in [0.05, 0.1) is 5.69 Å². The van der Waals surface area contributed by atoms with Gasteiger partial charge in [-0.3, -0.25) is 4.79 Å². The van der Waals surface area contributed by atoms with Gasteiger partial charge in [0.25, 0.3) is 5.91 Å². The van der Waals surface area contributed by atoms with Crippen LogP contribution in [0.2, 0.25) is 0 Å². The molecule has 0 aliphatic carbocycles. The molecule has 0 saturated carbocycles. The maximum absolute atomic E-state index is 12.1. The molecule has 0 fully saturated rings. The van der Waals surface area contributed by atoms with E-state index in [0.29, 0.717) is 5.56 Å². The fourth-order valence-corrected chi connectivity index (χ4v) is 2.76. The Balaban J connectivity index is 2.24. The van der Waals surface area contributed by atoms with E-state index < -0.39 is 0 Å². The molecule has 5 heteroatoms. The summed E-state index contributed by atoms with van der Waals surface area (Å²) in [7, 11) is 0. The second-order valence-electron chi connectivity index (χ2n) is 3.60. The third kappa shape index (κ3) is 3.16. The average Bonchev–Trinajstić information content (AvgIpc) is 2.34. The third-order valence-electron chi connectivity index (χ3n) is 2.33. The molecule has 0 aliphatic rings. The molecule has 1 amide bonds. The van der Waals surface area contributed by atoms with Gasteiger partial charge in [-0.15, -0.1) is 12.6 Å². The highest BCUT2D eigenvalue weighted by Gasteiger charge is 2.10. The van der Waals surface area contributed by atoms with Crippen LogP contribution in [-0.2, 0) is 0 Å². The Morgan fingerprint density at radius 3 is 2.11 bits per heavy atom. The van der Waals surface area contributed by atoms with E-state index in [4.69, 9.17) is 0 Å². The van der Waals surface area contributed by atoms with Crippen LogP contribution in [0.3, 0.4) is 0 Å². The number of carbonyl (C=O) groups is 1. The molecule has 2 rings (SSSR count). The lowest BCUT2D eigenvalue weighted by Gasteiger charge is -2.09. The second kappa shape index (κ2) is 5.91. The zero-order valence-corrected chi connectivity index (χ0v) is 13.2. The van der Waals surface area contributed by atoms with E-state index >= 15 is 0 Å². The lowest BCUT2D eigenvalue weighted by atomic mass is 10.2. The van der Waals surface area contributed by atoms with Gasteiger partial charge in [-0.1, -0.05) is 6.07 Å². The smallest absolute Gasteiger partial charge is 0.255 e. The van der Waals surface area contributed by atoms with E-state index in [2.05, 4.69) is 49.8 Å². The molecule has 2 aromatic carbocycles. The molecule has 0 aromatic heterocycles. The monoisotopic (exact) mass is 385 g/mol. The second-order valence-corrected chi connectivity index (χ2v) is 5.82. The minimum absolute atomic E-state index is 0.157. The van der Waals surface area contributed by atoms with Crippen LogP contribution >= 0.6 is 44.5 Å². The van der Waals surface area contributed by atoms with Crippen LogP contribution in [0.25, 0.3) is 0 Å². The Bertz CT molecular complexity index is 564. The fraction of sp³-hybridized carbons (Fsp3) is 0. The summed E-state index contributed by atoms with van der Waals surface area (Å²) in [5, 5.41) is 2.86. The summed E-state index contributed by atoms with van der Waals surface area (Å²) < 4.78 is 1.66. The van der Waals surface area contributed by atoms with E-state index in [9.17, 15) is 4.79 Å². The summed E-state index contributed by atoms with van der Waals surface area (Å²) in [5.74, 6) is -0.157. The Kier molecular flexibility index (Phi) is 4.48. The first-order valence-electron chi connectivity index (χ1n) is 5.12. The molecule has 0 unspecified atom stereocenters. The van der Waals surface area contributed by atoms with Gasteiger partial charge in [-0.2, -0.15) is 0 Å². The van der Waals surface area contributed by atoms with Gasteiger partial charge in [0.15, 0.2) is 0 Å². The lowest BCUT2D eigenvalue weighted by Crippen LogP contribution is -2.12. The van der Waals surface area contributed by atoms with Crippen LogP contribution in [0, 0.1) is 0 Å². The van der Waals surface area contributed by atoms with E-state index in [1.165, 1.54) is 0 Å². The molecule has 18 heavy (non-hydrogen) atoms. The first kappa shape index (κ1) is 13.6. The fourth-order valence-electron chi connectivity index (χ4n) is 1.42. The highest BCUT2D eigenvalue weighted by molar-refractivity contribution is 9.11. The van der Waals surface area contributed by atoms with E-state index in [1.54, 1.807) is 24.3 Å². The number of anilines is 1. The maximum atomic E-state index is 12.1. The number of thiol groups is 1. The van der Waals surface area contributed by atoms with Crippen molar-refractivity contribution in [2.45, 2.75) is 4.90 Å². The first-order valence-corrected chi connectivity index (χ1v) is 7.15. The Labute approximate surface area is 127 Å². The predicted molar refractivity (Wildman–Crippen MR) is 83.5 cm³/mol. The number of rotatable bonds is 2. The van der Waals surface area contributed by atoms with Gasteiger partial charge in [0.1, 0.15) is 0 Å². The van der Waals surface area contributed by atoms with E-state index in [-0.39, 0.29) is 5.91 Å². The van der Waals surface area contributed by atoms with Crippen molar-refractivity contribution in [1.82, 2.24) is 0 Å². The summed E-state index contributed by atoms with van der Waals surface area (Å²) in [6.07, 6.45) is 0. The molecule has 0 saturated heterocycles. The molecular weight excluding hydrogens is 378 g/mol. The highest BCUT2D eigenvalue weighted by Crippen LogP contribution is 2.30. The average molecular weight is 387 g/mol. The lowest BCUT2D eigenvalue weighted by molar-refractivity contribution is 0.102. The zero-order valence-electron chi connectivity index (χ0n) is 9.15. The summed E-state index contributed by atoms with van der Waals surface area (Å²) in [6.45, 7) is 0. The van der Waals surface area contributed by atoms with Gasteiger partial charge < -0.3 is 5.32 Å². The Hall–Kier alpha value is -0.780. The number of hydrogen-bond acceptors (Lipinski definition) is 2. The molecule has 92 valence electrons. The molecule has 0 heterocycles. The number of hydrogen-bond donors (Lipinski definition) is 2. The molecule has 2 aromatic rings. The van der Waals surface area contributed by atoms with Crippen LogP contribution in [-0.4, -0.2) is 5.91 Å². The molecule has 0 atom stereocenters. The van der Waals surface area contributed by atoms with Crippen LogP contribution in [0.5, 0.6) is 0 Å². The number of nitrogens with one attached hydrogen (secondary N) is 1. The SMILES string of the molecule is O=C(Nc1c(Br)cccc1Br)c1ccc(S)cc1. The van der Waals surface area contributed by atoms with Crippen molar-refractivity contribution in [2.75, 3.05) is 5.32 Å². The van der Waals surface area contributed by atoms with Crippen molar-refractivity contribution in [3.8, 4) is 0 Å². The summed E-state index contributed by atoms with van der Waals surface area (Å²) in [5.41, 5.74) is 1.31. The number of amides is 1. The van der Waals surface area contributed by atoms with Crippen LogP contribution in [0.1, 0.15) is 10.4 Å². The summed E-state index contributed by atoms with van der Waals surface area (Å²) in [6, 6.07) is 12.7. The molecule has 0 aliphatic heterocycles. The number of halogens is 2. The number of carbonyl (C=O) groups excluding carboxylic acids is 1. The van der Waals surface area contributed by atoms with Crippen molar-refractivity contribution in [2.24, 2.45) is 0 Å². The van der Waals surface area contributed by atoms with Crippen molar-refractivity contribution in [3.63, 3.8) is 0 Å². The molecule has 2 nitrogen and oxygen atoms in total. The minimum Gasteiger partial charge on any atom is -0.320 e. The van der Waals surface area contributed by atoms with Crippen molar-refractivity contribution < 1.29 is 4.79 Å². The van der Waals surface area contributed by atoms with Gasteiger partial charge >= 0.3 is 0 Å². The molecule has 0 bridgehead atoms. The number of para-hydroxylation sites is 1. The van der Waals surface area contributed by atoms with E-state index in [0.717, 1.165) is 19.5 Å². The normalized spacial score (nSPS) is 10.2. The largest absolute Gasteiger partial charge is 0.320 e. The Morgan fingerprint density at radius 1 is 1.00 bits per heavy atom. The van der Waals surface area contributed by atoms with Gasteiger partial charge in [0, 0.05) is 19.4 Å². The molecule has 0 spiro atoms. The van der Waals surface area contributed by atoms with Crippen LogP contribution in [0.15, 0.2) is 56.3 Å². The number of benzene rings is 2. The van der Waals surface area contributed by atoms with E-state index in [1.807, 2.05) is 18.2 Å². The molecule has 0 radical (unpaired) electrons. The molecule has 1 N–H and O–H groups in total. The maximum Gasteiger partial charge on any atom is 0.255 e. The molecular formula is C13H9Br2NOS. The topological polar surface area (TPSA) is 29.1 Å². The summed E-state index contributed by atoms with van der Waals surface area (Å²) >= 11 is 11.0.